The van der Waals surface area contributed by atoms with Gasteiger partial charge in [0.2, 0.25) is 11.8 Å². The highest BCUT2D eigenvalue weighted by molar-refractivity contribution is 5.97. The maximum absolute atomic E-state index is 13.3. The quantitative estimate of drug-likeness (QED) is 0.870. The van der Waals surface area contributed by atoms with Gasteiger partial charge < -0.3 is 19.7 Å². The fourth-order valence-corrected chi connectivity index (χ4v) is 2.80. The van der Waals surface area contributed by atoms with E-state index in [0.717, 1.165) is 17.7 Å². The predicted octanol–water partition coefficient (Wildman–Crippen LogP) is 2.34. The smallest absolute Gasteiger partial charge is 0.249 e. The number of carbonyl (C=O) groups excluding carboxylic acids is 2. The Kier molecular flexibility index (Phi) is 5.66. The van der Waals surface area contributed by atoms with E-state index in [9.17, 15) is 18.4 Å². The molecule has 1 N–H and O–H groups in total. The van der Waals surface area contributed by atoms with Crippen LogP contribution in [0, 0.1) is 11.6 Å². The lowest BCUT2D eigenvalue weighted by Crippen LogP contribution is -2.54. The third kappa shape index (κ3) is 4.59. The number of benzene rings is 2. The Morgan fingerprint density at radius 3 is 2.52 bits per heavy atom. The van der Waals surface area contributed by atoms with Crippen molar-refractivity contribution >= 4 is 17.5 Å². The summed E-state index contributed by atoms with van der Waals surface area (Å²) in [6.45, 7) is 0.0574. The molecular formula is C19H18F2N2O4. The number of nitrogens with one attached hydrogen (secondary N) is 1. The Hall–Kier alpha value is -3.00. The first-order chi connectivity index (χ1) is 13.0. The Morgan fingerprint density at radius 1 is 1.22 bits per heavy atom. The van der Waals surface area contributed by atoms with Crippen LogP contribution in [0.1, 0.15) is 5.56 Å². The predicted molar refractivity (Wildman–Crippen MR) is 93.1 cm³/mol. The van der Waals surface area contributed by atoms with Crippen LogP contribution in [-0.2, 0) is 20.9 Å². The molecule has 6 nitrogen and oxygen atoms in total. The van der Waals surface area contributed by atoms with E-state index in [4.69, 9.17) is 9.47 Å². The minimum Gasteiger partial charge on any atom is -0.497 e. The van der Waals surface area contributed by atoms with E-state index >= 15 is 0 Å². The standard InChI is InChI=1S/C19H18F2N2O4/c1-26-16-4-2-12(3-5-16)9-23-17(10-27-11-18(23)24)19(25)22-15-7-13(20)6-14(21)8-15/h2-8,17H,9-11H2,1H3,(H,22,25)/t17-/m0/s1. The summed E-state index contributed by atoms with van der Waals surface area (Å²) in [5.74, 6) is -1.87. The zero-order valence-electron chi connectivity index (χ0n) is 14.6. The van der Waals surface area contributed by atoms with Crippen LogP contribution >= 0.6 is 0 Å². The van der Waals surface area contributed by atoms with Crippen molar-refractivity contribution in [1.29, 1.82) is 0 Å². The van der Waals surface area contributed by atoms with Crippen molar-refractivity contribution in [3.05, 3.63) is 59.7 Å². The van der Waals surface area contributed by atoms with Crippen LogP contribution in [0.5, 0.6) is 5.75 Å². The first-order valence-electron chi connectivity index (χ1n) is 8.23. The second-order valence-electron chi connectivity index (χ2n) is 6.05. The summed E-state index contributed by atoms with van der Waals surface area (Å²) in [5.41, 5.74) is 0.778. The first kappa shape index (κ1) is 18.8. The average molecular weight is 376 g/mol. The summed E-state index contributed by atoms with van der Waals surface area (Å²) >= 11 is 0. The van der Waals surface area contributed by atoms with Gasteiger partial charge in [0.05, 0.1) is 13.7 Å². The summed E-state index contributed by atoms with van der Waals surface area (Å²) in [4.78, 5) is 26.2. The Labute approximate surface area is 154 Å². The van der Waals surface area contributed by atoms with E-state index < -0.39 is 23.6 Å². The van der Waals surface area contributed by atoms with Crippen LogP contribution in [0.4, 0.5) is 14.5 Å². The molecule has 0 spiro atoms. The van der Waals surface area contributed by atoms with Crippen LogP contribution in [-0.4, -0.2) is 43.1 Å². The molecule has 0 aliphatic carbocycles. The Morgan fingerprint density at radius 2 is 1.89 bits per heavy atom. The number of rotatable bonds is 5. The highest BCUT2D eigenvalue weighted by Crippen LogP contribution is 2.19. The normalized spacial score (nSPS) is 16.9. The van der Waals surface area contributed by atoms with Crippen LogP contribution in [0.3, 0.4) is 0 Å². The molecule has 27 heavy (non-hydrogen) atoms. The zero-order chi connectivity index (χ0) is 19.4. The highest BCUT2D eigenvalue weighted by Gasteiger charge is 2.34. The number of anilines is 1. The molecule has 0 radical (unpaired) electrons. The molecule has 1 aliphatic rings. The summed E-state index contributed by atoms with van der Waals surface area (Å²) in [7, 11) is 1.55. The highest BCUT2D eigenvalue weighted by atomic mass is 19.1. The van der Waals surface area contributed by atoms with Crippen molar-refractivity contribution in [2.45, 2.75) is 12.6 Å². The number of ether oxygens (including phenoxy) is 2. The van der Waals surface area contributed by atoms with E-state index in [0.29, 0.717) is 11.8 Å². The minimum absolute atomic E-state index is 0.00841. The molecule has 1 heterocycles. The van der Waals surface area contributed by atoms with Gasteiger partial charge in [-0.15, -0.1) is 0 Å². The van der Waals surface area contributed by atoms with Gasteiger partial charge in [-0.2, -0.15) is 0 Å². The lowest BCUT2D eigenvalue weighted by molar-refractivity contribution is -0.154. The molecule has 0 unspecified atom stereocenters. The molecule has 3 rings (SSSR count). The second-order valence-corrected chi connectivity index (χ2v) is 6.05. The fraction of sp³-hybridized carbons (Fsp3) is 0.263. The topological polar surface area (TPSA) is 67.9 Å². The molecule has 1 aliphatic heterocycles. The van der Waals surface area contributed by atoms with E-state index in [2.05, 4.69) is 5.32 Å². The van der Waals surface area contributed by atoms with E-state index in [1.165, 1.54) is 4.90 Å². The minimum atomic E-state index is -0.917. The maximum Gasteiger partial charge on any atom is 0.249 e. The van der Waals surface area contributed by atoms with Gasteiger partial charge in [0.25, 0.3) is 0 Å². The number of hydrogen-bond donors (Lipinski definition) is 1. The third-order valence-corrected chi connectivity index (χ3v) is 4.14. The molecule has 2 aromatic carbocycles. The molecule has 1 saturated heterocycles. The Bertz CT molecular complexity index is 822. The van der Waals surface area contributed by atoms with Gasteiger partial charge in [0.1, 0.15) is 30.0 Å². The van der Waals surface area contributed by atoms with Crippen molar-refractivity contribution in [2.75, 3.05) is 25.6 Å². The number of morpholine rings is 1. The van der Waals surface area contributed by atoms with Gasteiger partial charge in [-0.25, -0.2) is 8.78 Å². The average Bonchev–Trinajstić information content (AvgIpc) is 2.63. The SMILES string of the molecule is COc1ccc(CN2C(=O)COC[C@H]2C(=O)Nc2cc(F)cc(F)c2)cc1. The first-order valence-corrected chi connectivity index (χ1v) is 8.23. The molecule has 2 amide bonds. The van der Waals surface area contributed by atoms with Crippen molar-refractivity contribution in [1.82, 2.24) is 4.90 Å². The Balaban J connectivity index is 1.76. The third-order valence-electron chi connectivity index (χ3n) is 4.14. The fourth-order valence-electron chi connectivity index (χ4n) is 2.80. The largest absolute Gasteiger partial charge is 0.497 e. The summed E-state index contributed by atoms with van der Waals surface area (Å²) < 4.78 is 36.9. The molecule has 2 aromatic rings. The van der Waals surface area contributed by atoms with Gasteiger partial charge in [-0.3, -0.25) is 9.59 Å². The van der Waals surface area contributed by atoms with Crippen molar-refractivity contribution < 1.29 is 27.8 Å². The van der Waals surface area contributed by atoms with Crippen LogP contribution in [0.25, 0.3) is 0 Å². The van der Waals surface area contributed by atoms with Crippen molar-refractivity contribution in [3.63, 3.8) is 0 Å². The summed E-state index contributed by atoms with van der Waals surface area (Å²) in [5, 5.41) is 2.44. The van der Waals surface area contributed by atoms with E-state index in [1.807, 2.05) is 0 Å². The van der Waals surface area contributed by atoms with Gasteiger partial charge >= 0.3 is 0 Å². The maximum atomic E-state index is 13.3. The molecular weight excluding hydrogens is 358 g/mol. The molecule has 0 bridgehead atoms. The van der Waals surface area contributed by atoms with Crippen LogP contribution in [0.15, 0.2) is 42.5 Å². The van der Waals surface area contributed by atoms with Crippen LogP contribution in [0.2, 0.25) is 0 Å². The lowest BCUT2D eigenvalue weighted by atomic mass is 10.1. The number of hydrogen-bond acceptors (Lipinski definition) is 4. The number of carbonyl (C=O) groups is 2. The van der Waals surface area contributed by atoms with Crippen molar-refractivity contribution in [2.24, 2.45) is 0 Å². The van der Waals surface area contributed by atoms with Gasteiger partial charge in [-0.05, 0) is 29.8 Å². The molecule has 142 valence electrons. The lowest BCUT2D eigenvalue weighted by Gasteiger charge is -2.34. The molecule has 0 saturated carbocycles. The zero-order valence-corrected chi connectivity index (χ0v) is 14.6. The van der Waals surface area contributed by atoms with Gasteiger partial charge in [-0.1, -0.05) is 12.1 Å². The second kappa shape index (κ2) is 8.13. The van der Waals surface area contributed by atoms with Gasteiger partial charge in [0, 0.05) is 18.3 Å². The number of amides is 2. The monoisotopic (exact) mass is 376 g/mol. The molecule has 8 heteroatoms. The van der Waals surface area contributed by atoms with Crippen molar-refractivity contribution in [3.8, 4) is 5.75 Å². The van der Waals surface area contributed by atoms with Gasteiger partial charge in [0.15, 0.2) is 0 Å². The number of nitrogens with zero attached hydrogens (tertiary/aromatic N) is 1. The molecule has 0 aromatic heterocycles. The molecule has 1 atom stereocenters. The molecule has 1 fully saturated rings. The summed E-state index contributed by atoms with van der Waals surface area (Å²) in [6, 6.07) is 8.88. The van der Waals surface area contributed by atoms with E-state index in [-0.39, 0.29) is 31.4 Å². The van der Waals surface area contributed by atoms with E-state index in [1.54, 1.807) is 31.4 Å². The number of halogens is 2. The van der Waals surface area contributed by atoms with Crippen LogP contribution < -0.4 is 10.1 Å². The number of methoxy groups -OCH3 is 1. The summed E-state index contributed by atoms with van der Waals surface area (Å²) in [6.07, 6.45) is 0.